The van der Waals surface area contributed by atoms with Crippen LogP contribution in [0.1, 0.15) is 20.3 Å². The van der Waals surface area contributed by atoms with E-state index in [1.54, 1.807) is 0 Å². The molecule has 1 atom stereocenters. The van der Waals surface area contributed by atoms with Gasteiger partial charge in [0.2, 0.25) is 5.82 Å². The number of carbonyl (C=O) groups excluding carboxylic acids is 1. The highest BCUT2D eigenvalue weighted by Crippen LogP contribution is 2.33. The van der Waals surface area contributed by atoms with E-state index in [0.29, 0.717) is 17.8 Å². The van der Waals surface area contributed by atoms with E-state index in [2.05, 4.69) is 15.4 Å². The van der Waals surface area contributed by atoms with Gasteiger partial charge < -0.3 is 9.84 Å². The van der Waals surface area contributed by atoms with Crippen molar-refractivity contribution in [3.8, 4) is 11.4 Å². The van der Waals surface area contributed by atoms with Gasteiger partial charge >= 0.3 is 5.97 Å². The van der Waals surface area contributed by atoms with Crippen LogP contribution < -0.4 is 0 Å². The quantitative estimate of drug-likeness (QED) is 0.677. The fourth-order valence-corrected chi connectivity index (χ4v) is 2.57. The van der Waals surface area contributed by atoms with Gasteiger partial charge in [0.1, 0.15) is 6.54 Å². The van der Waals surface area contributed by atoms with Gasteiger partial charge in [-0.1, -0.05) is 35.9 Å². The Kier molecular flexibility index (Phi) is 3.96. The maximum atomic E-state index is 12.0. The number of benzene rings is 1. The normalized spacial score (nSPS) is 20.7. The standard InChI is InChI=1S/C16H18N4O3/c1-11(2)13-8-16(10-21,23-15(13)22)9-20-18-14(17-19-20)12-6-4-3-5-7-12/h3-7,21H,8-10H2,1-2H3. The van der Waals surface area contributed by atoms with Gasteiger partial charge in [-0.05, 0) is 19.1 Å². The first-order valence-corrected chi connectivity index (χ1v) is 7.37. The minimum Gasteiger partial charge on any atom is -0.451 e. The van der Waals surface area contributed by atoms with E-state index < -0.39 is 5.60 Å². The number of esters is 1. The van der Waals surface area contributed by atoms with E-state index >= 15 is 0 Å². The number of nitrogens with zero attached hydrogens (tertiary/aromatic N) is 4. The number of aromatic nitrogens is 4. The number of allylic oxidation sites excluding steroid dienone is 1. The largest absolute Gasteiger partial charge is 0.451 e. The lowest BCUT2D eigenvalue weighted by atomic mass is 9.96. The number of rotatable bonds is 4. The predicted octanol–water partition coefficient (Wildman–Crippen LogP) is 1.35. The molecule has 0 amide bonds. The van der Waals surface area contributed by atoms with Crippen LogP contribution >= 0.6 is 0 Å². The lowest BCUT2D eigenvalue weighted by molar-refractivity contribution is -0.151. The molecule has 120 valence electrons. The van der Waals surface area contributed by atoms with Crippen LogP contribution in [0.2, 0.25) is 0 Å². The van der Waals surface area contributed by atoms with Gasteiger partial charge in [0, 0.05) is 17.6 Å². The van der Waals surface area contributed by atoms with Crippen molar-refractivity contribution in [1.29, 1.82) is 0 Å². The van der Waals surface area contributed by atoms with E-state index in [1.165, 1.54) is 4.80 Å². The third-order valence-corrected chi connectivity index (χ3v) is 3.86. The molecule has 7 nitrogen and oxygen atoms in total. The molecule has 7 heteroatoms. The first kappa shape index (κ1) is 15.4. The topological polar surface area (TPSA) is 90.1 Å². The first-order valence-electron chi connectivity index (χ1n) is 7.37. The Hall–Kier alpha value is -2.54. The Labute approximate surface area is 133 Å². The number of aliphatic hydroxyl groups is 1. The summed E-state index contributed by atoms with van der Waals surface area (Å²) in [6, 6.07) is 9.48. The van der Waals surface area contributed by atoms with Crippen LogP contribution in [-0.2, 0) is 16.1 Å². The lowest BCUT2D eigenvalue weighted by Crippen LogP contribution is -2.38. The number of aliphatic hydroxyl groups excluding tert-OH is 1. The van der Waals surface area contributed by atoms with Crippen molar-refractivity contribution < 1.29 is 14.6 Å². The van der Waals surface area contributed by atoms with Crippen molar-refractivity contribution in [2.75, 3.05) is 6.61 Å². The highest BCUT2D eigenvalue weighted by molar-refractivity contribution is 5.92. The maximum absolute atomic E-state index is 12.0. The summed E-state index contributed by atoms with van der Waals surface area (Å²) in [5.74, 6) is 0.105. The van der Waals surface area contributed by atoms with E-state index in [0.717, 1.165) is 11.1 Å². The van der Waals surface area contributed by atoms with Crippen molar-refractivity contribution in [1.82, 2.24) is 20.2 Å². The highest BCUT2D eigenvalue weighted by Gasteiger charge is 2.44. The monoisotopic (exact) mass is 314 g/mol. The third-order valence-electron chi connectivity index (χ3n) is 3.86. The Balaban J connectivity index is 1.83. The molecule has 1 N–H and O–H groups in total. The van der Waals surface area contributed by atoms with E-state index in [1.807, 2.05) is 44.2 Å². The van der Waals surface area contributed by atoms with Gasteiger partial charge in [-0.15, -0.1) is 10.2 Å². The Morgan fingerprint density at radius 2 is 2.09 bits per heavy atom. The van der Waals surface area contributed by atoms with Crippen LogP contribution in [0, 0.1) is 0 Å². The summed E-state index contributed by atoms with van der Waals surface area (Å²) < 4.78 is 5.42. The fourth-order valence-electron chi connectivity index (χ4n) is 2.57. The molecule has 1 unspecified atom stereocenters. The molecule has 2 heterocycles. The van der Waals surface area contributed by atoms with Gasteiger partial charge in [0.05, 0.1) is 6.61 Å². The van der Waals surface area contributed by atoms with E-state index in [-0.39, 0.29) is 19.1 Å². The van der Waals surface area contributed by atoms with Crippen LogP contribution in [0.25, 0.3) is 11.4 Å². The van der Waals surface area contributed by atoms with Crippen LogP contribution in [-0.4, -0.2) is 43.5 Å². The van der Waals surface area contributed by atoms with Crippen molar-refractivity contribution in [3.05, 3.63) is 41.5 Å². The molecule has 1 fully saturated rings. The molecular weight excluding hydrogens is 296 g/mol. The second-order valence-corrected chi connectivity index (χ2v) is 5.90. The smallest absolute Gasteiger partial charge is 0.334 e. The number of tetrazole rings is 1. The predicted molar refractivity (Wildman–Crippen MR) is 82.2 cm³/mol. The van der Waals surface area contributed by atoms with Crippen LogP contribution in [0.5, 0.6) is 0 Å². The van der Waals surface area contributed by atoms with E-state index in [4.69, 9.17) is 4.74 Å². The number of cyclic esters (lactones) is 1. The summed E-state index contributed by atoms with van der Waals surface area (Å²) in [6.45, 7) is 3.57. The molecule has 0 aliphatic carbocycles. The average Bonchev–Trinajstić information content (AvgIpc) is 3.14. The van der Waals surface area contributed by atoms with Crippen molar-refractivity contribution in [3.63, 3.8) is 0 Å². The van der Waals surface area contributed by atoms with Crippen molar-refractivity contribution >= 4 is 5.97 Å². The van der Waals surface area contributed by atoms with Crippen LogP contribution in [0.3, 0.4) is 0 Å². The number of carbonyl (C=O) groups is 1. The van der Waals surface area contributed by atoms with E-state index in [9.17, 15) is 9.90 Å². The molecular formula is C16H18N4O3. The molecule has 0 radical (unpaired) electrons. The molecule has 1 aliphatic rings. The van der Waals surface area contributed by atoms with Crippen LogP contribution in [0.4, 0.5) is 0 Å². The summed E-state index contributed by atoms with van der Waals surface area (Å²) in [6.07, 6.45) is 0.340. The van der Waals surface area contributed by atoms with Gasteiger partial charge in [0.15, 0.2) is 5.60 Å². The summed E-state index contributed by atoms with van der Waals surface area (Å²) in [5, 5.41) is 22.1. The molecule has 2 aromatic rings. The highest BCUT2D eigenvalue weighted by atomic mass is 16.6. The number of hydrogen-bond acceptors (Lipinski definition) is 6. The van der Waals surface area contributed by atoms with Crippen LogP contribution in [0.15, 0.2) is 41.5 Å². The van der Waals surface area contributed by atoms with Crippen molar-refractivity contribution in [2.45, 2.75) is 32.4 Å². The Morgan fingerprint density at radius 1 is 1.35 bits per heavy atom. The van der Waals surface area contributed by atoms with Gasteiger partial charge in [0.25, 0.3) is 0 Å². The zero-order chi connectivity index (χ0) is 16.4. The minimum atomic E-state index is -1.03. The van der Waals surface area contributed by atoms with Gasteiger partial charge in [-0.25, -0.2) is 4.79 Å². The molecule has 0 bridgehead atoms. The van der Waals surface area contributed by atoms with Crippen molar-refractivity contribution in [2.24, 2.45) is 0 Å². The summed E-state index contributed by atoms with van der Waals surface area (Å²) in [4.78, 5) is 13.3. The molecule has 1 aromatic carbocycles. The third kappa shape index (κ3) is 3.00. The second-order valence-electron chi connectivity index (χ2n) is 5.90. The first-order chi connectivity index (χ1) is 11.0. The number of hydrogen-bond donors (Lipinski definition) is 1. The molecule has 1 saturated heterocycles. The molecule has 23 heavy (non-hydrogen) atoms. The number of ether oxygens (including phenoxy) is 1. The molecule has 0 saturated carbocycles. The van der Waals surface area contributed by atoms with Gasteiger partial charge in [-0.2, -0.15) is 4.80 Å². The molecule has 0 spiro atoms. The maximum Gasteiger partial charge on any atom is 0.334 e. The molecule has 1 aliphatic heterocycles. The molecule has 1 aromatic heterocycles. The molecule has 3 rings (SSSR count). The second kappa shape index (κ2) is 5.92. The van der Waals surface area contributed by atoms with Gasteiger partial charge in [-0.3, -0.25) is 0 Å². The summed E-state index contributed by atoms with van der Waals surface area (Å²) >= 11 is 0. The zero-order valence-electron chi connectivity index (χ0n) is 13.1. The summed E-state index contributed by atoms with van der Waals surface area (Å²) in [7, 11) is 0. The SMILES string of the molecule is CC(C)=C1CC(CO)(Cn2nnc(-c3ccccc3)n2)OC1=O. The lowest BCUT2D eigenvalue weighted by Gasteiger charge is -2.23. The Morgan fingerprint density at radius 3 is 2.70 bits per heavy atom. The summed E-state index contributed by atoms with van der Waals surface area (Å²) in [5.41, 5.74) is 1.31. The Bertz CT molecular complexity index is 750. The zero-order valence-corrected chi connectivity index (χ0v) is 13.1. The average molecular weight is 314 g/mol. The fraction of sp³-hybridized carbons (Fsp3) is 0.375. The minimum absolute atomic E-state index is 0.159.